The Labute approximate surface area is 178 Å². The number of para-hydroxylation sites is 1. The van der Waals surface area contributed by atoms with Crippen molar-refractivity contribution in [1.29, 1.82) is 0 Å². The summed E-state index contributed by atoms with van der Waals surface area (Å²) in [6, 6.07) is 26.3. The van der Waals surface area contributed by atoms with Gasteiger partial charge < -0.3 is 9.47 Å². The number of benzene rings is 3. The van der Waals surface area contributed by atoms with Gasteiger partial charge in [-0.1, -0.05) is 60.7 Å². The third-order valence-electron chi connectivity index (χ3n) is 5.41. The maximum absolute atomic E-state index is 11.9. The van der Waals surface area contributed by atoms with Crippen LogP contribution < -0.4 is 4.74 Å². The Kier molecular flexibility index (Phi) is 6.29. The molecule has 0 saturated carbocycles. The lowest BCUT2D eigenvalue weighted by Crippen LogP contribution is -2.04. The molecule has 3 aromatic rings. The van der Waals surface area contributed by atoms with Crippen molar-refractivity contribution in [1.82, 2.24) is 0 Å². The molecular weight excluding hydrogens is 372 g/mol. The fraction of sp³-hybridized carbons (Fsp3) is 0.222. The van der Waals surface area contributed by atoms with E-state index in [9.17, 15) is 4.79 Å². The van der Waals surface area contributed by atoms with Crippen LogP contribution in [0.1, 0.15) is 53.2 Å². The summed E-state index contributed by atoms with van der Waals surface area (Å²) in [6.07, 6.45) is 3.18. The minimum absolute atomic E-state index is 0.274. The van der Waals surface area contributed by atoms with Crippen LogP contribution in [0.5, 0.6) is 5.75 Å². The van der Waals surface area contributed by atoms with Gasteiger partial charge in [-0.05, 0) is 66.7 Å². The zero-order valence-corrected chi connectivity index (χ0v) is 17.3. The first-order valence-electron chi connectivity index (χ1n) is 10.5. The van der Waals surface area contributed by atoms with Gasteiger partial charge >= 0.3 is 5.97 Å². The number of allylic oxidation sites excluding steroid dienone is 2. The van der Waals surface area contributed by atoms with E-state index < -0.39 is 0 Å². The van der Waals surface area contributed by atoms with Gasteiger partial charge in [0.1, 0.15) is 12.4 Å². The van der Waals surface area contributed by atoms with Crippen LogP contribution in [-0.2, 0) is 11.3 Å². The van der Waals surface area contributed by atoms with Crippen LogP contribution in [0.2, 0.25) is 0 Å². The summed E-state index contributed by atoms with van der Waals surface area (Å²) >= 11 is 0. The Morgan fingerprint density at radius 3 is 2.30 bits per heavy atom. The van der Waals surface area contributed by atoms with Gasteiger partial charge in [0.05, 0.1) is 12.2 Å². The van der Waals surface area contributed by atoms with E-state index in [-0.39, 0.29) is 5.97 Å². The summed E-state index contributed by atoms with van der Waals surface area (Å²) in [4.78, 5) is 11.9. The number of carbonyl (C=O) groups excluding carboxylic acids is 1. The molecule has 1 aliphatic carbocycles. The lowest BCUT2D eigenvalue weighted by molar-refractivity contribution is 0.0526. The number of rotatable bonds is 7. The van der Waals surface area contributed by atoms with E-state index in [1.165, 1.54) is 11.1 Å². The third kappa shape index (κ3) is 4.46. The quantitative estimate of drug-likeness (QED) is 0.424. The first kappa shape index (κ1) is 20.0. The van der Waals surface area contributed by atoms with Crippen LogP contribution >= 0.6 is 0 Å². The van der Waals surface area contributed by atoms with E-state index in [4.69, 9.17) is 9.47 Å². The highest BCUT2D eigenvalue weighted by atomic mass is 16.5. The predicted octanol–water partition coefficient (Wildman–Crippen LogP) is 6.54. The summed E-state index contributed by atoms with van der Waals surface area (Å²) in [5, 5.41) is 0. The third-order valence-corrected chi connectivity index (χ3v) is 5.41. The summed E-state index contributed by atoms with van der Waals surface area (Å²) in [5.41, 5.74) is 6.74. The van der Waals surface area contributed by atoms with Crippen molar-refractivity contribution < 1.29 is 14.3 Å². The van der Waals surface area contributed by atoms with Crippen molar-refractivity contribution in [3.8, 4) is 5.75 Å². The molecule has 3 nitrogen and oxygen atoms in total. The summed E-state index contributed by atoms with van der Waals surface area (Å²) in [5.74, 6) is 0.642. The molecule has 3 heteroatoms. The summed E-state index contributed by atoms with van der Waals surface area (Å²) in [6.45, 7) is 2.75. The van der Waals surface area contributed by atoms with Gasteiger partial charge in [0.25, 0.3) is 0 Å². The second-order valence-corrected chi connectivity index (χ2v) is 7.38. The van der Waals surface area contributed by atoms with Gasteiger partial charge in [0.2, 0.25) is 0 Å². The van der Waals surface area contributed by atoms with Crippen molar-refractivity contribution >= 4 is 17.1 Å². The second kappa shape index (κ2) is 9.45. The Hall–Kier alpha value is -3.33. The molecule has 0 amide bonds. The normalized spacial score (nSPS) is 13.4. The molecule has 0 fully saturated rings. The fourth-order valence-electron chi connectivity index (χ4n) is 3.96. The van der Waals surface area contributed by atoms with Crippen molar-refractivity contribution in [3.63, 3.8) is 0 Å². The largest absolute Gasteiger partial charge is 0.488 e. The fourth-order valence-corrected chi connectivity index (χ4v) is 3.96. The smallest absolute Gasteiger partial charge is 0.338 e. The van der Waals surface area contributed by atoms with Gasteiger partial charge in [-0.25, -0.2) is 4.79 Å². The SMILES string of the molecule is CCOC(=O)c1ccc(C2=C(c3ccccc3OCc3ccccc3)CCC2)cc1. The standard InChI is InChI=1S/C27H26O3/c1-2-29-27(28)22-17-15-21(16-18-22)23-12-8-13-24(23)25-11-6-7-14-26(25)30-19-20-9-4-3-5-10-20/h3-7,9-11,14-18H,2,8,12-13,19H2,1H3. The van der Waals surface area contributed by atoms with Gasteiger partial charge in [-0.3, -0.25) is 0 Å². The average molecular weight is 399 g/mol. The van der Waals surface area contributed by atoms with Gasteiger partial charge in [0.15, 0.2) is 0 Å². The van der Waals surface area contributed by atoms with Gasteiger partial charge in [-0.15, -0.1) is 0 Å². The van der Waals surface area contributed by atoms with E-state index in [1.54, 1.807) is 0 Å². The minimum Gasteiger partial charge on any atom is -0.488 e. The molecule has 3 aromatic carbocycles. The summed E-state index contributed by atoms with van der Waals surface area (Å²) in [7, 11) is 0. The minimum atomic E-state index is -0.274. The molecule has 0 unspecified atom stereocenters. The topological polar surface area (TPSA) is 35.5 Å². The first-order valence-corrected chi connectivity index (χ1v) is 10.5. The summed E-state index contributed by atoms with van der Waals surface area (Å²) < 4.78 is 11.3. The number of esters is 1. The maximum Gasteiger partial charge on any atom is 0.338 e. The Bertz CT molecular complexity index is 1030. The molecule has 4 rings (SSSR count). The zero-order chi connectivity index (χ0) is 20.8. The van der Waals surface area contributed by atoms with Gasteiger partial charge in [-0.2, -0.15) is 0 Å². The monoisotopic (exact) mass is 398 g/mol. The van der Waals surface area contributed by atoms with Gasteiger partial charge in [0, 0.05) is 5.56 Å². The van der Waals surface area contributed by atoms with E-state index >= 15 is 0 Å². The van der Waals surface area contributed by atoms with E-state index in [0.717, 1.165) is 41.7 Å². The Morgan fingerprint density at radius 2 is 1.53 bits per heavy atom. The number of hydrogen-bond acceptors (Lipinski definition) is 3. The second-order valence-electron chi connectivity index (χ2n) is 7.38. The number of carbonyl (C=O) groups is 1. The van der Waals surface area contributed by atoms with E-state index in [0.29, 0.717) is 18.8 Å². The van der Waals surface area contributed by atoms with E-state index in [2.05, 4.69) is 24.3 Å². The molecule has 0 heterocycles. The van der Waals surface area contributed by atoms with Crippen LogP contribution in [-0.4, -0.2) is 12.6 Å². The maximum atomic E-state index is 11.9. The van der Waals surface area contributed by atoms with Crippen molar-refractivity contribution in [3.05, 3.63) is 101 Å². The van der Waals surface area contributed by atoms with Crippen LogP contribution in [0.3, 0.4) is 0 Å². The molecule has 0 saturated heterocycles. The average Bonchev–Trinajstić information content (AvgIpc) is 3.28. The molecule has 0 aliphatic heterocycles. The predicted molar refractivity (Wildman–Crippen MR) is 120 cm³/mol. The number of hydrogen-bond donors (Lipinski definition) is 0. The van der Waals surface area contributed by atoms with Crippen LogP contribution in [0.15, 0.2) is 78.9 Å². The van der Waals surface area contributed by atoms with Crippen molar-refractivity contribution in [2.75, 3.05) is 6.61 Å². The molecule has 0 spiro atoms. The molecule has 0 bridgehead atoms. The van der Waals surface area contributed by atoms with Crippen LogP contribution in [0.25, 0.3) is 11.1 Å². The van der Waals surface area contributed by atoms with Crippen LogP contribution in [0.4, 0.5) is 0 Å². The lowest BCUT2D eigenvalue weighted by atomic mass is 9.96. The van der Waals surface area contributed by atoms with Crippen LogP contribution in [0, 0.1) is 0 Å². The molecule has 1 aliphatic rings. The highest BCUT2D eigenvalue weighted by Gasteiger charge is 2.20. The molecule has 30 heavy (non-hydrogen) atoms. The van der Waals surface area contributed by atoms with Crippen molar-refractivity contribution in [2.45, 2.75) is 32.8 Å². The highest BCUT2D eigenvalue weighted by molar-refractivity contribution is 5.95. The highest BCUT2D eigenvalue weighted by Crippen LogP contribution is 2.42. The molecule has 0 atom stereocenters. The molecule has 152 valence electrons. The lowest BCUT2D eigenvalue weighted by Gasteiger charge is -2.15. The molecule has 0 radical (unpaired) electrons. The zero-order valence-electron chi connectivity index (χ0n) is 17.3. The molecule has 0 N–H and O–H groups in total. The Balaban J connectivity index is 1.61. The van der Waals surface area contributed by atoms with Crippen molar-refractivity contribution in [2.24, 2.45) is 0 Å². The number of ether oxygens (including phenoxy) is 2. The molecule has 0 aromatic heterocycles. The molecular formula is C27H26O3. The first-order chi connectivity index (χ1) is 14.8. The van der Waals surface area contributed by atoms with E-state index in [1.807, 2.05) is 61.5 Å². The Morgan fingerprint density at radius 1 is 0.833 bits per heavy atom.